The van der Waals surface area contributed by atoms with Crippen LogP contribution in [0, 0.1) is 11.6 Å². The van der Waals surface area contributed by atoms with E-state index in [0.29, 0.717) is 13.1 Å². The number of hydrogen-bond acceptors (Lipinski definition) is 3. The second kappa shape index (κ2) is 8.18. The van der Waals surface area contributed by atoms with Crippen molar-refractivity contribution in [3.63, 3.8) is 0 Å². The van der Waals surface area contributed by atoms with Crippen molar-refractivity contribution in [1.29, 1.82) is 0 Å². The number of rotatable bonds is 7. The molecule has 2 amide bonds. The number of carbonyl (C=O) groups excluding carboxylic acids is 2. The van der Waals surface area contributed by atoms with Gasteiger partial charge in [-0.3, -0.25) is 9.59 Å². The summed E-state index contributed by atoms with van der Waals surface area (Å²) in [6.07, 6.45) is 0.111. The zero-order valence-electron chi connectivity index (χ0n) is 12.1. The molecule has 0 atom stereocenters. The number of carbonyl (C=O) groups is 2. The minimum absolute atomic E-state index is 0.100. The lowest BCUT2D eigenvalue weighted by molar-refractivity contribution is -0.120. The minimum atomic E-state index is -0.828. The van der Waals surface area contributed by atoms with Gasteiger partial charge >= 0.3 is 0 Å². The lowest BCUT2D eigenvalue weighted by Crippen LogP contribution is -2.30. The van der Waals surface area contributed by atoms with Crippen LogP contribution in [0.2, 0.25) is 0 Å². The molecule has 0 bridgehead atoms. The largest absolute Gasteiger partial charge is 0.381 e. The van der Waals surface area contributed by atoms with Gasteiger partial charge in [0.25, 0.3) is 5.91 Å². The number of benzene rings is 1. The van der Waals surface area contributed by atoms with Gasteiger partial charge in [0.15, 0.2) is 0 Å². The maximum Gasteiger partial charge on any atom is 0.251 e. The van der Waals surface area contributed by atoms with E-state index >= 15 is 0 Å². The quantitative estimate of drug-likeness (QED) is 0.717. The van der Waals surface area contributed by atoms with Crippen molar-refractivity contribution in [3.05, 3.63) is 29.3 Å². The second-order valence-electron chi connectivity index (χ2n) is 4.30. The molecule has 0 radical (unpaired) electrons. The highest BCUT2D eigenvalue weighted by Crippen LogP contribution is 2.20. The Morgan fingerprint density at radius 1 is 1.05 bits per heavy atom. The monoisotopic (exact) mass is 299 g/mol. The van der Waals surface area contributed by atoms with Crippen molar-refractivity contribution >= 4 is 17.5 Å². The molecule has 116 valence electrons. The summed E-state index contributed by atoms with van der Waals surface area (Å²) in [6.45, 7) is 4.47. The molecule has 0 heterocycles. The molecule has 0 fully saturated rings. The van der Waals surface area contributed by atoms with Crippen LogP contribution in [0.3, 0.4) is 0 Å². The molecule has 0 aromatic heterocycles. The number of halogens is 2. The normalized spacial score (nSPS) is 10.1. The topological polar surface area (TPSA) is 70.2 Å². The first kappa shape index (κ1) is 16.9. The number of hydrogen-bond donors (Lipinski definition) is 3. The minimum Gasteiger partial charge on any atom is -0.381 e. The molecule has 5 nitrogen and oxygen atoms in total. The van der Waals surface area contributed by atoms with E-state index in [-0.39, 0.29) is 30.1 Å². The van der Waals surface area contributed by atoms with Gasteiger partial charge in [-0.05, 0) is 26.0 Å². The third kappa shape index (κ3) is 5.02. The van der Waals surface area contributed by atoms with Crippen molar-refractivity contribution in [1.82, 2.24) is 10.6 Å². The standard InChI is InChI=1S/C14H19F2N3O2/c1-3-17-12(20)5-6-19-14(21)9-7-10(15)13(18-4-2)11(16)8-9/h7-8,18H,3-6H2,1-2H3,(H,17,20)(H,19,21). The van der Waals surface area contributed by atoms with Gasteiger partial charge in [-0.2, -0.15) is 0 Å². The first-order valence-corrected chi connectivity index (χ1v) is 6.77. The van der Waals surface area contributed by atoms with E-state index in [1.165, 1.54) is 0 Å². The predicted molar refractivity (Wildman–Crippen MR) is 76.2 cm³/mol. The summed E-state index contributed by atoms with van der Waals surface area (Å²) in [4.78, 5) is 23.0. The molecule has 7 heteroatoms. The third-order valence-electron chi connectivity index (χ3n) is 2.67. The molecule has 0 aliphatic carbocycles. The molecule has 1 aromatic carbocycles. The number of anilines is 1. The molecule has 1 rings (SSSR count). The first-order valence-electron chi connectivity index (χ1n) is 6.77. The van der Waals surface area contributed by atoms with Crippen LogP contribution >= 0.6 is 0 Å². The fourth-order valence-corrected chi connectivity index (χ4v) is 1.73. The van der Waals surface area contributed by atoms with E-state index in [0.717, 1.165) is 12.1 Å². The SMILES string of the molecule is CCNC(=O)CCNC(=O)c1cc(F)c(NCC)c(F)c1. The molecular formula is C14H19F2N3O2. The predicted octanol–water partition coefficient (Wildman–Crippen LogP) is 1.65. The van der Waals surface area contributed by atoms with Crippen molar-refractivity contribution in [2.24, 2.45) is 0 Å². The molecular weight excluding hydrogens is 280 g/mol. The van der Waals surface area contributed by atoms with E-state index in [1.807, 2.05) is 0 Å². The van der Waals surface area contributed by atoms with Crippen LogP contribution < -0.4 is 16.0 Å². The zero-order chi connectivity index (χ0) is 15.8. The van der Waals surface area contributed by atoms with E-state index in [4.69, 9.17) is 0 Å². The molecule has 0 aliphatic heterocycles. The highest BCUT2D eigenvalue weighted by Gasteiger charge is 2.14. The molecule has 0 saturated carbocycles. The Labute approximate surface area is 122 Å². The van der Waals surface area contributed by atoms with Crippen LogP contribution in [0.25, 0.3) is 0 Å². The summed E-state index contributed by atoms with van der Waals surface area (Å²) < 4.78 is 27.3. The van der Waals surface area contributed by atoms with Gasteiger partial charge in [-0.25, -0.2) is 8.78 Å². The molecule has 0 aliphatic rings. The van der Waals surface area contributed by atoms with Crippen molar-refractivity contribution in [2.75, 3.05) is 25.0 Å². The Morgan fingerprint density at radius 3 is 2.19 bits per heavy atom. The van der Waals surface area contributed by atoms with Crippen LogP contribution in [-0.4, -0.2) is 31.4 Å². The molecule has 0 unspecified atom stereocenters. The fourth-order valence-electron chi connectivity index (χ4n) is 1.73. The van der Waals surface area contributed by atoms with Crippen LogP contribution in [0.1, 0.15) is 30.6 Å². The van der Waals surface area contributed by atoms with Gasteiger partial charge < -0.3 is 16.0 Å². The molecule has 3 N–H and O–H groups in total. The average Bonchev–Trinajstić information content (AvgIpc) is 2.42. The van der Waals surface area contributed by atoms with Crippen molar-refractivity contribution in [2.45, 2.75) is 20.3 Å². The summed E-state index contributed by atoms with van der Waals surface area (Å²) in [5.41, 5.74) is -0.376. The molecule has 0 spiro atoms. The van der Waals surface area contributed by atoms with Crippen LogP contribution in [0.4, 0.5) is 14.5 Å². The molecule has 0 saturated heterocycles. The van der Waals surface area contributed by atoms with E-state index in [1.54, 1.807) is 13.8 Å². The van der Waals surface area contributed by atoms with E-state index < -0.39 is 17.5 Å². The first-order chi connectivity index (χ1) is 9.99. The lowest BCUT2D eigenvalue weighted by atomic mass is 10.1. The summed E-state index contributed by atoms with van der Waals surface area (Å²) in [7, 11) is 0. The van der Waals surface area contributed by atoms with Gasteiger partial charge in [0.1, 0.15) is 17.3 Å². The van der Waals surface area contributed by atoms with Gasteiger partial charge in [0, 0.05) is 31.6 Å². The van der Waals surface area contributed by atoms with Crippen LogP contribution in [0.15, 0.2) is 12.1 Å². The Hall–Kier alpha value is -2.18. The smallest absolute Gasteiger partial charge is 0.251 e. The van der Waals surface area contributed by atoms with Gasteiger partial charge in [-0.15, -0.1) is 0 Å². The van der Waals surface area contributed by atoms with E-state index in [9.17, 15) is 18.4 Å². The molecule has 1 aromatic rings. The summed E-state index contributed by atoms with van der Waals surface area (Å²) in [6, 6.07) is 1.92. The zero-order valence-corrected chi connectivity index (χ0v) is 12.1. The second-order valence-corrected chi connectivity index (χ2v) is 4.30. The highest BCUT2D eigenvalue weighted by molar-refractivity contribution is 5.94. The number of nitrogens with one attached hydrogen (secondary N) is 3. The maximum atomic E-state index is 13.7. The maximum absolute atomic E-state index is 13.7. The van der Waals surface area contributed by atoms with Crippen LogP contribution in [0.5, 0.6) is 0 Å². The third-order valence-corrected chi connectivity index (χ3v) is 2.67. The Morgan fingerprint density at radius 2 is 1.67 bits per heavy atom. The van der Waals surface area contributed by atoms with Crippen molar-refractivity contribution in [3.8, 4) is 0 Å². The molecule has 21 heavy (non-hydrogen) atoms. The lowest BCUT2D eigenvalue weighted by Gasteiger charge is -2.09. The summed E-state index contributed by atoms with van der Waals surface area (Å²) in [5, 5.41) is 7.57. The number of amides is 2. The fraction of sp³-hybridized carbons (Fsp3) is 0.429. The summed E-state index contributed by atoms with van der Waals surface area (Å²) >= 11 is 0. The average molecular weight is 299 g/mol. The van der Waals surface area contributed by atoms with Crippen molar-refractivity contribution < 1.29 is 18.4 Å². The Balaban J connectivity index is 2.64. The van der Waals surface area contributed by atoms with Gasteiger partial charge in [-0.1, -0.05) is 0 Å². The van der Waals surface area contributed by atoms with Gasteiger partial charge in [0.2, 0.25) is 5.91 Å². The van der Waals surface area contributed by atoms with E-state index in [2.05, 4.69) is 16.0 Å². The van der Waals surface area contributed by atoms with Crippen LogP contribution in [-0.2, 0) is 4.79 Å². The highest BCUT2D eigenvalue weighted by atomic mass is 19.1. The Kier molecular flexibility index (Phi) is 6.58. The van der Waals surface area contributed by atoms with Gasteiger partial charge in [0.05, 0.1) is 0 Å². The Bertz CT molecular complexity index is 498. The summed E-state index contributed by atoms with van der Waals surface area (Å²) in [5.74, 6) is -2.48.